The van der Waals surface area contributed by atoms with Crippen molar-refractivity contribution in [3.63, 3.8) is 0 Å². The number of amides is 1. The maximum atomic E-state index is 13.0. The van der Waals surface area contributed by atoms with Crippen LogP contribution in [-0.4, -0.2) is 21.8 Å². The molecule has 1 aliphatic heterocycles. The Morgan fingerprint density at radius 3 is 2.50 bits per heavy atom. The molecule has 6 nitrogen and oxygen atoms in total. The van der Waals surface area contributed by atoms with Gasteiger partial charge in [-0.1, -0.05) is 19.1 Å². The minimum absolute atomic E-state index is 0.0259. The smallest absolute Gasteiger partial charge is 0.269 e. The largest absolute Gasteiger partial charge is 0.361 e. The molecule has 2 aromatic carbocycles. The second-order valence-electron chi connectivity index (χ2n) is 5.91. The monoisotopic (exact) mass is 325 g/mol. The topological polar surface area (TPSA) is 75.5 Å². The zero-order chi connectivity index (χ0) is 17.3. The van der Waals surface area contributed by atoms with Crippen molar-refractivity contribution < 1.29 is 9.72 Å². The van der Waals surface area contributed by atoms with Gasteiger partial charge in [-0.15, -0.1) is 0 Å². The zero-order valence-corrected chi connectivity index (χ0v) is 13.6. The first-order chi connectivity index (χ1) is 11.5. The summed E-state index contributed by atoms with van der Waals surface area (Å²) in [6, 6.07) is 13.8. The molecule has 0 bridgehead atoms. The van der Waals surface area contributed by atoms with Crippen LogP contribution in [0.1, 0.15) is 42.4 Å². The van der Waals surface area contributed by atoms with E-state index >= 15 is 0 Å². The third-order valence-corrected chi connectivity index (χ3v) is 4.45. The van der Waals surface area contributed by atoms with E-state index in [2.05, 4.69) is 5.32 Å². The van der Waals surface area contributed by atoms with E-state index < -0.39 is 4.92 Å². The fraction of sp³-hybridized carbons (Fsp3) is 0.278. The SMILES string of the molecule is CCC(C)N1C(=O)c2ccccc2NC1c1ccc([N+](=O)[O-])cc1. The van der Waals surface area contributed by atoms with E-state index in [4.69, 9.17) is 0 Å². The summed E-state index contributed by atoms with van der Waals surface area (Å²) in [4.78, 5) is 25.2. The molecule has 1 heterocycles. The first kappa shape index (κ1) is 16.0. The molecule has 0 saturated carbocycles. The highest BCUT2D eigenvalue weighted by molar-refractivity contribution is 6.01. The summed E-state index contributed by atoms with van der Waals surface area (Å²) in [5.74, 6) is -0.0259. The van der Waals surface area contributed by atoms with Crippen LogP contribution in [0.15, 0.2) is 48.5 Å². The Labute approximate surface area is 140 Å². The molecule has 0 aromatic heterocycles. The number of non-ortho nitro benzene ring substituents is 1. The van der Waals surface area contributed by atoms with Crippen molar-refractivity contribution in [2.75, 3.05) is 5.32 Å². The number of benzene rings is 2. The van der Waals surface area contributed by atoms with Crippen LogP contribution in [0.3, 0.4) is 0 Å². The van der Waals surface area contributed by atoms with Crippen LogP contribution in [-0.2, 0) is 0 Å². The summed E-state index contributed by atoms with van der Waals surface area (Å²) >= 11 is 0. The van der Waals surface area contributed by atoms with Gasteiger partial charge in [0.2, 0.25) is 0 Å². The lowest BCUT2D eigenvalue weighted by atomic mass is 10.0. The number of hydrogen-bond donors (Lipinski definition) is 1. The number of fused-ring (bicyclic) bond motifs is 1. The van der Waals surface area contributed by atoms with E-state index in [0.29, 0.717) is 5.56 Å². The van der Waals surface area contributed by atoms with Gasteiger partial charge in [-0.2, -0.15) is 0 Å². The van der Waals surface area contributed by atoms with Crippen molar-refractivity contribution in [1.29, 1.82) is 0 Å². The van der Waals surface area contributed by atoms with Crippen molar-refractivity contribution >= 4 is 17.3 Å². The van der Waals surface area contributed by atoms with Gasteiger partial charge in [0.05, 0.1) is 10.5 Å². The molecule has 1 N–H and O–H groups in total. The highest BCUT2D eigenvalue weighted by Gasteiger charge is 2.35. The number of nitro groups is 1. The van der Waals surface area contributed by atoms with Gasteiger partial charge in [-0.05, 0) is 43.2 Å². The second-order valence-corrected chi connectivity index (χ2v) is 5.91. The molecule has 124 valence electrons. The minimum Gasteiger partial charge on any atom is -0.361 e. The lowest BCUT2D eigenvalue weighted by molar-refractivity contribution is -0.384. The number of nitro benzene ring substituents is 1. The van der Waals surface area contributed by atoms with E-state index in [-0.39, 0.29) is 23.8 Å². The molecule has 0 saturated heterocycles. The number of carbonyl (C=O) groups is 1. The van der Waals surface area contributed by atoms with E-state index in [0.717, 1.165) is 17.7 Å². The third kappa shape index (κ3) is 2.71. The van der Waals surface area contributed by atoms with Crippen LogP contribution in [0, 0.1) is 10.1 Å². The van der Waals surface area contributed by atoms with Gasteiger partial charge in [-0.3, -0.25) is 14.9 Å². The molecule has 0 aliphatic carbocycles. The van der Waals surface area contributed by atoms with Crippen molar-refractivity contribution in [2.45, 2.75) is 32.5 Å². The second kappa shape index (κ2) is 6.31. The Balaban J connectivity index is 2.03. The van der Waals surface area contributed by atoms with Crippen LogP contribution >= 0.6 is 0 Å². The van der Waals surface area contributed by atoms with Gasteiger partial charge in [0.15, 0.2) is 0 Å². The van der Waals surface area contributed by atoms with E-state index in [9.17, 15) is 14.9 Å². The molecule has 0 spiro atoms. The minimum atomic E-state index is -0.426. The van der Waals surface area contributed by atoms with Crippen molar-refractivity contribution in [3.05, 3.63) is 69.8 Å². The average molecular weight is 325 g/mol. The Morgan fingerprint density at radius 1 is 1.21 bits per heavy atom. The van der Waals surface area contributed by atoms with Gasteiger partial charge in [-0.25, -0.2) is 0 Å². The van der Waals surface area contributed by atoms with Crippen molar-refractivity contribution in [3.8, 4) is 0 Å². The van der Waals surface area contributed by atoms with Crippen LogP contribution in [0.25, 0.3) is 0 Å². The lowest BCUT2D eigenvalue weighted by Crippen LogP contribution is -2.47. The maximum Gasteiger partial charge on any atom is 0.269 e. The molecular formula is C18H19N3O3. The van der Waals surface area contributed by atoms with Gasteiger partial charge in [0, 0.05) is 23.9 Å². The number of carbonyl (C=O) groups excluding carboxylic acids is 1. The number of hydrogen-bond acceptors (Lipinski definition) is 4. The Morgan fingerprint density at radius 2 is 1.88 bits per heavy atom. The average Bonchev–Trinajstić information content (AvgIpc) is 2.61. The standard InChI is InChI=1S/C18H19N3O3/c1-3-12(2)20-17(13-8-10-14(11-9-13)21(23)24)19-16-7-5-4-6-15(16)18(20)22/h4-12,17,19H,3H2,1-2H3. The number of nitrogens with zero attached hydrogens (tertiary/aromatic N) is 2. The summed E-state index contributed by atoms with van der Waals surface area (Å²) in [6.07, 6.45) is 0.474. The molecule has 2 aromatic rings. The molecule has 0 fully saturated rings. The predicted octanol–water partition coefficient (Wildman–Crippen LogP) is 3.96. The van der Waals surface area contributed by atoms with Gasteiger partial charge in [0.1, 0.15) is 6.17 Å². The van der Waals surface area contributed by atoms with Crippen LogP contribution < -0.4 is 5.32 Å². The Bertz CT molecular complexity index is 773. The maximum absolute atomic E-state index is 13.0. The number of para-hydroxylation sites is 1. The molecular weight excluding hydrogens is 306 g/mol. The normalized spacial score (nSPS) is 17.8. The molecule has 2 atom stereocenters. The third-order valence-electron chi connectivity index (χ3n) is 4.45. The molecule has 0 radical (unpaired) electrons. The number of anilines is 1. The van der Waals surface area contributed by atoms with Crippen molar-refractivity contribution in [2.24, 2.45) is 0 Å². The van der Waals surface area contributed by atoms with Crippen LogP contribution in [0.2, 0.25) is 0 Å². The molecule has 1 amide bonds. The van der Waals surface area contributed by atoms with Gasteiger partial charge >= 0.3 is 0 Å². The zero-order valence-electron chi connectivity index (χ0n) is 13.6. The molecule has 2 unspecified atom stereocenters. The summed E-state index contributed by atoms with van der Waals surface area (Å²) in [6.45, 7) is 4.04. The Hall–Kier alpha value is -2.89. The fourth-order valence-corrected chi connectivity index (χ4v) is 2.94. The van der Waals surface area contributed by atoms with E-state index in [1.807, 2.05) is 43.0 Å². The summed E-state index contributed by atoms with van der Waals surface area (Å²) in [5.41, 5.74) is 2.29. The summed E-state index contributed by atoms with van der Waals surface area (Å²) < 4.78 is 0. The first-order valence-electron chi connectivity index (χ1n) is 7.95. The molecule has 3 rings (SSSR count). The highest BCUT2D eigenvalue weighted by atomic mass is 16.6. The van der Waals surface area contributed by atoms with Gasteiger partial charge in [0.25, 0.3) is 11.6 Å². The highest BCUT2D eigenvalue weighted by Crippen LogP contribution is 2.35. The van der Waals surface area contributed by atoms with Crippen molar-refractivity contribution in [1.82, 2.24) is 4.90 Å². The van der Waals surface area contributed by atoms with Gasteiger partial charge < -0.3 is 10.2 Å². The van der Waals surface area contributed by atoms with Crippen LogP contribution in [0.4, 0.5) is 11.4 Å². The van der Waals surface area contributed by atoms with E-state index in [1.54, 1.807) is 12.1 Å². The first-order valence-corrected chi connectivity index (χ1v) is 7.95. The fourth-order valence-electron chi connectivity index (χ4n) is 2.94. The van der Waals surface area contributed by atoms with E-state index in [1.165, 1.54) is 12.1 Å². The Kier molecular flexibility index (Phi) is 4.20. The summed E-state index contributed by atoms with van der Waals surface area (Å²) in [7, 11) is 0. The lowest BCUT2D eigenvalue weighted by Gasteiger charge is -2.41. The molecule has 24 heavy (non-hydrogen) atoms. The number of rotatable bonds is 4. The number of nitrogens with one attached hydrogen (secondary N) is 1. The molecule has 1 aliphatic rings. The summed E-state index contributed by atoms with van der Waals surface area (Å²) in [5, 5.41) is 14.2. The molecule has 6 heteroatoms. The quantitative estimate of drug-likeness (QED) is 0.682. The predicted molar refractivity (Wildman–Crippen MR) is 91.8 cm³/mol. The van der Waals surface area contributed by atoms with Crippen LogP contribution in [0.5, 0.6) is 0 Å².